The number of hydrogen-bond acceptors (Lipinski definition) is 3. The normalized spacial score (nSPS) is 16.7. The van der Waals surface area contributed by atoms with Crippen LogP contribution < -0.4 is 4.74 Å². The largest absolute Gasteiger partial charge is 0.494 e. The third kappa shape index (κ3) is 4.31. The van der Waals surface area contributed by atoms with Crippen molar-refractivity contribution in [1.29, 1.82) is 0 Å². The first kappa shape index (κ1) is 13.4. The summed E-state index contributed by atoms with van der Waals surface area (Å²) in [5.74, 6) is 0.967. The van der Waals surface area contributed by atoms with E-state index in [2.05, 4.69) is 29.2 Å². The number of aryl methyl sites for hydroxylation is 1. The van der Waals surface area contributed by atoms with Crippen molar-refractivity contribution in [3.05, 3.63) is 29.8 Å². The highest BCUT2D eigenvalue weighted by Crippen LogP contribution is 2.13. The van der Waals surface area contributed by atoms with Crippen LogP contribution in [0.1, 0.15) is 18.9 Å². The van der Waals surface area contributed by atoms with E-state index < -0.39 is 0 Å². The van der Waals surface area contributed by atoms with E-state index >= 15 is 0 Å². The second-order valence-electron chi connectivity index (χ2n) is 4.63. The standard InChI is InChI=1S/C15H23NO2/c1-2-18-15-7-5-14(6-8-15)4-3-9-16-10-12-17-13-11-16/h5-8H,2-4,9-13H2,1H3. The van der Waals surface area contributed by atoms with Gasteiger partial charge in [0.05, 0.1) is 19.8 Å². The molecule has 0 amide bonds. The van der Waals surface area contributed by atoms with Crippen LogP contribution in [0.25, 0.3) is 0 Å². The SMILES string of the molecule is CCOc1ccc(CCCN2CCOCC2)cc1. The quantitative estimate of drug-likeness (QED) is 0.772. The molecule has 0 aliphatic carbocycles. The van der Waals surface area contributed by atoms with E-state index in [0.717, 1.165) is 45.1 Å². The summed E-state index contributed by atoms with van der Waals surface area (Å²) in [6.07, 6.45) is 2.36. The number of ether oxygens (including phenoxy) is 2. The molecule has 1 heterocycles. The van der Waals surface area contributed by atoms with E-state index in [9.17, 15) is 0 Å². The summed E-state index contributed by atoms with van der Waals surface area (Å²) in [4.78, 5) is 2.48. The minimum absolute atomic E-state index is 0.733. The van der Waals surface area contributed by atoms with Gasteiger partial charge in [-0.25, -0.2) is 0 Å². The van der Waals surface area contributed by atoms with Gasteiger partial charge in [0.2, 0.25) is 0 Å². The van der Waals surface area contributed by atoms with E-state index in [0.29, 0.717) is 0 Å². The Labute approximate surface area is 110 Å². The summed E-state index contributed by atoms with van der Waals surface area (Å²) in [5, 5.41) is 0. The molecule has 2 rings (SSSR count). The summed E-state index contributed by atoms with van der Waals surface area (Å²) < 4.78 is 10.8. The summed E-state index contributed by atoms with van der Waals surface area (Å²) in [7, 11) is 0. The van der Waals surface area contributed by atoms with Gasteiger partial charge in [0.1, 0.15) is 5.75 Å². The van der Waals surface area contributed by atoms with Gasteiger partial charge in [-0.1, -0.05) is 12.1 Å². The van der Waals surface area contributed by atoms with E-state index in [1.54, 1.807) is 0 Å². The molecule has 0 unspecified atom stereocenters. The van der Waals surface area contributed by atoms with Gasteiger partial charge in [0, 0.05) is 13.1 Å². The van der Waals surface area contributed by atoms with Crippen LogP contribution in [-0.4, -0.2) is 44.4 Å². The topological polar surface area (TPSA) is 21.7 Å². The molecular formula is C15H23NO2. The molecule has 18 heavy (non-hydrogen) atoms. The van der Waals surface area contributed by atoms with Crippen molar-refractivity contribution in [3.8, 4) is 5.75 Å². The van der Waals surface area contributed by atoms with Gasteiger partial charge >= 0.3 is 0 Å². The van der Waals surface area contributed by atoms with Crippen LogP contribution in [0.4, 0.5) is 0 Å². The second kappa shape index (κ2) is 7.39. The molecule has 1 aromatic rings. The van der Waals surface area contributed by atoms with Crippen molar-refractivity contribution in [2.45, 2.75) is 19.8 Å². The van der Waals surface area contributed by atoms with Gasteiger partial charge in [-0.15, -0.1) is 0 Å². The summed E-state index contributed by atoms with van der Waals surface area (Å²) >= 11 is 0. The molecule has 1 aromatic carbocycles. The van der Waals surface area contributed by atoms with Crippen molar-refractivity contribution in [1.82, 2.24) is 4.90 Å². The molecular weight excluding hydrogens is 226 g/mol. The first-order chi connectivity index (χ1) is 8.88. The molecule has 1 aliphatic rings. The lowest BCUT2D eigenvalue weighted by Gasteiger charge is -2.26. The molecule has 1 aliphatic heterocycles. The molecule has 1 saturated heterocycles. The van der Waals surface area contributed by atoms with E-state index in [1.807, 2.05) is 6.92 Å². The van der Waals surface area contributed by atoms with E-state index in [1.165, 1.54) is 18.5 Å². The number of morpholine rings is 1. The number of nitrogens with zero attached hydrogens (tertiary/aromatic N) is 1. The number of rotatable bonds is 6. The lowest BCUT2D eigenvalue weighted by molar-refractivity contribution is 0.0374. The predicted molar refractivity (Wildman–Crippen MR) is 73.2 cm³/mol. The van der Waals surface area contributed by atoms with Crippen LogP contribution in [0.5, 0.6) is 5.75 Å². The Morgan fingerprint density at radius 2 is 1.89 bits per heavy atom. The maximum Gasteiger partial charge on any atom is 0.119 e. The van der Waals surface area contributed by atoms with Crippen molar-refractivity contribution < 1.29 is 9.47 Å². The molecule has 100 valence electrons. The van der Waals surface area contributed by atoms with Crippen LogP contribution >= 0.6 is 0 Å². The zero-order valence-corrected chi connectivity index (χ0v) is 11.2. The maximum absolute atomic E-state index is 5.44. The Morgan fingerprint density at radius 1 is 1.17 bits per heavy atom. The van der Waals surface area contributed by atoms with Gasteiger partial charge in [-0.2, -0.15) is 0 Å². The molecule has 1 fully saturated rings. The summed E-state index contributed by atoms with van der Waals surface area (Å²) in [6, 6.07) is 8.47. The van der Waals surface area contributed by atoms with Crippen molar-refractivity contribution in [2.75, 3.05) is 39.5 Å². The van der Waals surface area contributed by atoms with Crippen molar-refractivity contribution >= 4 is 0 Å². The molecule has 3 heteroatoms. The molecule has 3 nitrogen and oxygen atoms in total. The zero-order chi connectivity index (χ0) is 12.6. The molecule has 0 saturated carbocycles. The highest BCUT2D eigenvalue weighted by Gasteiger charge is 2.09. The Morgan fingerprint density at radius 3 is 2.56 bits per heavy atom. The fourth-order valence-corrected chi connectivity index (χ4v) is 2.25. The van der Waals surface area contributed by atoms with Crippen molar-refractivity contribution in [3.63, 3.8) is 0 Å². The summed E-state index contributed by atoms with van der Waals surface area (Å²) in [5.41, 5.74) is 1.40. The fourth-order valence-electron chi connectivity index (χ4n) is 2.25. The van der Waals surface area contributed by atoms with E-state index in [-0.39, 0.29) is 0 Å². The van der Waals surface area contributed by atoms with Gasteiger partial charge < -0.3 is 9.47 Å². The Balaban J connectivity index is 1.69. The number of benzene rings is 1. The van der Waals surface area contributed by atoms with Gasteiger partial charge in [-0.05, 0) is 44.0 Å². The predicted octanol–water partition coefficient (Wildman–Crippen LogP) is 2.35. The molecule has 0 N–H and O–H groups in total. The van der Waals surface area contributed by atoms with E-state index in [4.69, 9.17) is 9.47 Å². The fraction of sp³-hybridized carbons (Fsp3) is 0.600. The van der Waals surface area contributed by atoms with Gasteiger partial charge in [0.15, 0.2) is 0 Å². The number of hydrogen-bond donors (Lipinski definition) is 0. The van der Waals surface area contributed by atoms with Crippen LogP contribution in [0.3, 0.4) is 0 Å². The lowest BCUT2D eigenvalue weighted by atomic mass is 10.1. The minimum atomic E-state index is 0.733. The van der Waals surface area contributed by atoms with Crippen LogP contribution in [0, 0.1) is 0 Å². The van der Waals surface area contributed by atoms with Gasteiger partial charge in [0.25, 0.3) is 0 Å². The first-order valence-electron chi connectivity index (χ1n) is 6.90. The smallest absolute Gasteiger partial charge is 0.119 e. The minimum Gasteiger partial charge on any atom is -0.494 e. The van der Waals surface area contributed by atoms with Crippen LogP contribution in [0.15, 0.2) is 24.3 Å². The van der Waals surface area contributed by atoms with Crippen LogP contribution in [-0.2, 0) is 11.2 Å². The molecule has 0 spiro atoms. The third-order valence-corrected chi connectivity index (χ3v) is 3.28. The highest BCUT2D eigenvalue weighted by atomic mass is 16.5. The molecule has 0 bridgehead atoms. The molecule has 0 radical (unpaired) electrons. The lowest BCUT2D eigenvalue weighted by Crippen LogP contribution is -2.36. The monoisotopic (exact) mass is 249 g/mol. The average Bonchev–Trinajstić information content (AvgIpc) is 2.42. The Bertz CT molecular complexity index is 331. The Hall–Kier alpha value is -1.06. The average molecular weight is 249 g/mol. The molecule has 0 aromatic heterocycles. The second-order valence-corrected chi connectivity index (χ2v) is 4.63. The maximum atomic E-state index is 5.44. The Kier molecular flexibility index (Phi) is 5.49. The molecule has 0 atom stereocenters. The van der Waals surface area contributed by atoms with Crippen molar-refractivity contribution in [2.24, 2.45) is 0 Å². The summed E-state index contributed by atoms with van der Waals surface area (Å²) in [6.45, 7) is 7.88. The third-order valence-electron chi connectivity index (χ3n) is 3.28. The first-order valence-corrected chi connectivity index (χ1v) is 6.90. The van der Waals surface area contributed by atoms with Gasteiger partial charge in [-0.3, -0.25) is 4.90 Å². The highest BCUT2D eigenvalue weighted by molar-refractivity contribution is 5.27. The van der Waals surface area contributed by atoms with Crippen LogP contribution in [0.2, 0.25) is 0 Å². The zero-order valence-electron chi connectivity index (χ0n) is 11.2.